The third-order valence-electron chi connectivity index (χ3n) is 2.74. The Bertz CT molecular complexity index is 679. The summed E-state index contributed by atoms with van der Waals surface area (Å²) in [5.74, 6) is -0.332. The minimum atomic E-state index is -0.538. The van der Waals surface area contributed by atoms with Gasteiger partial charge in [0.1, 0.15) is 10.2 Å². The molecule has 0 saturated carbocycles. The second kappa shape index (κ2) is 6.64. The van der Waals surface area contributed by atoms with Crippen molar-refractivity contribution in [2.45, 2.75) is 6.54 Å². The van der Waals surface area contributed by atoms with Crippen molar-refractivity contribution in [3.63, 3.8) is 0 Å². The molecule has 2 aromatic carbocycles. The van der Waals surface area contributed by atoms with Gasteiger partial charge in [0.05, 0.1) is 4.92 Å². The lowest BCUT2D eigenvalue weighted by Crippen LogP contribution is -2.05. The van der Waals surface area contributed by atoms with E-state index in [2.05, 4.69) is 21.2 Å². The highest BCUT2D eigenvalue weighted by atomic mass is 79.9. The second-order valence-electron chi connectivity index (χ2n) is 4.24. The summed E-state index contributed by atoms with van der Waals surface area (Å²) in [6.45, 7) is 0.539. The van der Waals surface area contributed by atoms with Gasteiger partial charge in [0.25, 0.3) is 5.69 Å². The Balaban J connectivity index is 2.30. The largest absolute Gasteiger partial charge is 0.453 e. The lowest BCUT2D eigenvalue weighted by atomic mass is 10.2. The van der Waals surface area contributed by atoms with Gasteiger partial charge in [-0.15, -0.1) is 0 Å². The zero-order chi connectivity index (χ0) is 15.4. The normalized spacial score (nSPS) is 10.4. The first-order valence-electron chi connectivity index (χ1n) is 6.06. The van der Waals surface area contributed by atoms with Crippen LogP contribution in [0.5, 0.6) is 11.5 Å². The average molecular weight is 355 g/mol. The molecule has 2 aromatic rings. The molecule has 0 saturated heterocycles. The molecule has 0 aromatic heterocycles. The van der Waals surface area contributed by atoms with Crippen LogP contribution in [-0.2, 0) is 6.54 Å². The zero-order valence-electron chi connectivity index (χ0n) is 11.1. The second-order valence-corrected chi connectivity index (χ2v) is 5.04. The molecule has 0 aliphatic rings. The SMILES string of the molecule is CNCc1ccc(Oc2cccc([N+](=O)[O-])c2Br)c(F)c1. The first-order valence-corrected chi connectivity index (χ1v) is 6.86. The molecule has 0 aliphatic carbocycles. The van der Waals surface area contributed by atoms with E-state index < -0.39 is 10.7 Å². The Morgan fingerprint density at radius 1 is 1.33 bits per heavy atom. The zero-order valence-corrected chi connectivity index (χ0v) is 12.7. The van der Waals surface area contributed by atoms with Gasteiger partial charge in [0, 0.05) is 12.6 Å². The Morgan fingerprint density at radius 2 is 2.10 bits per heavy atom. The van der Waals surface area contributed by atoms with Crippen LogP contribution in [0, 0.1) is 15.9 Å². The number of hydrogen-bond acceptors (Lipinski definition) is 4. The first-order chi connectivity index (χ1) is 10.0. The Morgan fingerprint density at radius 3 is 2.71 bits per heavy atom. The minimum Gasteiger partial charge on any atom is -0.453 e. The van der Waals surface area contributed by atoms with E-state index in [1.54, 1.807) is 13.1 Å². The Labute approximate surface area is 129 Å². The molecule has 110 valence electrons. The lowest BCUT2D eigenvalue weighted by Gasteiger charge is -2.10. The van der Waals surface area contributed by atoms with E-state index in [1.165, 1.54) is 30.3 Å². The number of benzene rings is 2. The molecule has 21 heavy (non-hydrogen) atoms. The Kier molecular flexibility index (Phi) is 4.87. The number of halogens is 2. The maximum Gasteiger partial charge on any atom is 0.287 e. The average Bonchev–Trinajstić information content (AvgIpc) is 2.44. The van der Waals surface area contributed by atoms with Crippen LogP contribution < -0.4 is 10.1 Å². The van der Waals surface area contributed by atoms with Gasteiger partial charge in [0.2, 0.25) is 0 Å². The molecule has 0 atom stereocenters. The van der Waals surface area contributed by atoms with Gasteiger partial charge in [-0.2, -0.15) is 0 Å². The molecule has 0 spiro atoms. The van der Waals surface area contributed by atoms with Crippen LogP contribution in [-0.4, -0.2) is 12.0 Å². The summed E-state index contributed by atoms with van der Waals surface area (Å²) in [6, 6.07) is 8.91. The molecule has 2 rings (SSSR count). The van der Waals surface area contributed by atoms with E-state index in [0.717, 1.165) is 5.56 Å². The molecule has 0 bridgehead atoms. The summed E-state index contributed by atoms with van der Waals surface area (Å²) >= 11 is 3.10. The van der Waals surface area contributed by atoms with Crippen LogP contribution >= 0.6 is 15.9 Å². The van der Waals surface area contributed by atoms with Gasteiger partial charge in [-0.3, -0.25) is 10.1 Å². The molecule has 0 amide bonds. The molecule has 0 heterocycles. The van der Waals surface area contributed by atoms with Gasteiger partial charge in [0.15, 0.2) is 11.6 Å². The highest BCUT2D eigenvalue weighted by Gasteiger charge is 2.17. The number of nitro benzene ring substituents is 1. The summed E-state index contributed by atoms with van der Waals surface area (Å²) in [7, 11) is 1.77. The summed E-state index contributed by atoms with van der Waals surface area (Å²) in [6.07, 6.45) is 0. The van der Waals surface area contributed by atoms with Crippen molar-refractivity contribution < 1.29 is 14.1 Å². The van der Waals surface area contributed by atoms with Gasteiger partial charge in [-0.25, -0.2) is 4.39 Å². The number of nitro groups is 1. The number of rotatable bonds is 5. The van der Waals surface area contributed by atoms with Crippen molar-refractivity contribution in [3.05, 3.63) is 62.4 Å². The van der Waals surface area contributed by atoms with Crippen LogP contribution in [0.1, 0.15) is 5.56 Å². The Hall–Kier alpha value is -1.99. The minimum absolute atomic E-state index is 0.0102. The number of nitrogens with zero attached hydrogens (tertiary/aromatic N) is 1. The maximum atomic E-state index is 13.9. The van der Waals surface area contributed by atoms with Crippen molar-refractivity contribution in [2.24, 2.45) is 0 Å². The van der Waals surface area contributed by atoms with Crippen molar-refractivity contribution in [1.82, 2.24) is 5.32 Å². The molecule has 0 unspecified atom stereocenters. The summed E-state index contributed by atoms with van der Waals surface area (Å²) in [4.78, 5) is 10.3. The predicted molar refractivity (Wildman–Crippen MR) is 80.0 cm³/mol. The highest BCUT2D eigenvalue weighted by molar-refractivity contribution is 9.10. The van der Waals surface area contributed by atoms with Gasteiger partial charge >= 0.3 is 0 Å². The van der Waals surface area contributed by atoms with Crippen molar-refractivity contribution in [3.8, 4) is 11.5 Å². The highest BCUT2D eigenvalue weighted by Crippen LogP contribution is 2.37. The van der Waals surface area contributed by atoms with E-state index in [1.807, 2.05) is 0 Å². The van der Waals surface area contributed by atoms with E-state index in [9.17, 15) is 14.5 Å². The maximum absolute atomic E-state index is 13.9. The molecule has 7 heteroatoms. The molecule has 5 nitrogen and oxygen atoms in total. The van der Waals surface area contributed by atoms with E-state index in [-0.39, 0.29) is 21.7 Å². The van der Waals surface area contributed by atoms with Crippen LogP contribution in [0.3, 0.4) is 0 Å². The standard InChI is InChI=1S/C14H12BrFN2O3/c1-17-8-9-5-6-12(10(16)7-9)21-13-4-2-3-11(14(13)15)18(19)20/h2-7,17H,8H2,1H3. The van der Waals surface area contributed by atoms with Crippen LogP contribution in [0.15, 0.2) is 40.9 Å². The van der Waals surface area contributed by atoms with Crippen LogP contribution in [0.25, 0.3) is 0 Å². The van der Waals surface area contributed by atoms with Crippen molar-refractivity contribution in [1.29, 1.82) is 0 Å². The molecular formula is C14H12BrFN2O3. The molecular weight excluding hydrogens is 343 g/mol. The fraction of sp³-hybridized carbons (Fsp3) is 0.143. The van der Waals surface area contributed by atoms with E-state index in [0.29, 0.717) is 6.54 Å². The van der Waals surface area contributed by atoms with Crippen LogP contribution in [0.2, 0.25) is 0 Å². The van der Waals surface area contributed by atoms with Gasteiger partial charge in [-0.05, 0) is 46.7 Å². The first kappa shape index (κ1) is 15.4. The molecule has 0 fully saturated rings. The molecule has 0 aliphatic heterocycles. The van der Waals surface area contributed by atoms with Crippen LogP contribution in [0.4, 0.5) is 10.1 Å². The quantitative estimate of drug-likeness (QED) is 0.650. The third kappa shape index (κ3) is 3.56. The smallest absolute Gasteiger partial charge is 0.287 e. The number of hydrogen-bond donors (Lipinski definition) is 1. The fourth-order valence-corrected chi connectivity index (χ4v) is 2.27. The van der Waals surface area contributed by atoms with E-state index in [4.69, 9.17) is 4.74 Å². The van der Waals surface area contributed by atoms with Gasteiger partial charge in [-0.1, -0.05) is 12.1 Å². The number of nitrogens with one attached hydrogen (secondary N) is 1. The lowest BCUT2D eigenvalue weighted by molar-refractivity contribution is -0.385. The topological polar surface area (TPSA) is 64.4 Å². The predicted octanol–water partition coefficient (Wildman–Crippen LogP) is 4.01. The summed E-state index contributed by atoms with van der Waals surface area (Å²) in [5, 5.41) is 13.8. The molecule has 0 radical (unpaired) electrons. The summed E-state index contributed by atoms with van der Waals surface area (Å²) in [5.41, 5.74) is 0.639. The van der Waals surface area contributed by atoms with E-state index >= 15 is 0 Å². The fourth-order valence-electron chi connectivity index (χ4n) is 1.78. The monoisotopic (exact) mass is 354 g/mol. The van der Waals surface area contributed by atoms with Crippen molar-refractivity contribution in [2.75, 3.05) is 7.05 Å². The summed E-state index contributed by atoms with van der Waals surface area (Å²) < 4.78 is 19.5. The van der Waals surface area contributed by atoms with Crippen molar-refractivity contribution >= 4 is 21.6 Å². The molecule has 1 N–H and O–H groups in total. The van der Waals surface area contributed by atoms with Gasteiger partial charge < -0.3 is 10.1 Å². The third-order valence-corrected chi connectivity index (χ3v) is 3.53. The number of ether oxygens (including phenoxy) is 1.